The molecule has 4 bridgehead atoms. The van der Waals surface area contributed by atoms with Gasteiger partial charge in [-0.15, -0.1) is 0 Å². The van der Waals surface area contributed by atoms with Crippen LogP contribution in [0.4, 0.5) is 0 Å². The normalized spacial score (nSPS) is 47.1. The van der Waals surface area contributed by atoms with Gasteiger partial charge in [0.15, 0.2) is 0 Å². The standard InChI is InChI=1S/C15H27NO/c1-10(9-17)16-11(2)15-6-12-3-13(7-15)5-14(4-12)8-15/h10-14,16-17H,3-9H2,1-2H3. The van der Waals surface area contributed by atoms with Gasteiger partial charge >= 0.3 is 0 Å². The summed E-state index contributed by atoms with van der Waals surface area (Å²) < 4.78 is 0. The molecule has 0 amide bonds. The minimum atomic E-state index is 0.248. The van der Waals surface area contributed by atoms with Crippen molar-refractivity contribution in [3.63, 3.8) is 0 Å². The van der Waals surface area contributed by atoms with Crippen LogP contribution in [0.1, 0.15) is 52.4 Å². The molecule has 2 N–H and O–H groups in total. The molecule has 4 fully saturated rings. The zero-order valence-corrected chi connectivity index (χ0v) is 11.3. The molecule has 4 aliphatic rings. The molecule has 0 saturated heterocycles. The summed E-state index contributed by atoms with van der Waals surface area (Å²) in [5.74, 6) is 3.07. The predicted octanol–water partition coefficient (Wildman–Crippen LogP) is 2.56. The molecule has 4 saturated carbocycles. The van der Waals surface area contributed by atoms with E-state index < -0.39 is 0 Å². The van der Waals surface area contributed by atoms with E-state index in [1.54, 1.807) is 0 Å². The van der Waals surface area contributed by atoms with E-state index in [4.69, 9.17) is 0 Å². The van der Waals surface area contributed by atoms with Crippen molar-refractivity contribution in [1.82, 2.24) is 5.32 Å². The van der Waals surface area contributed by atoms with Gasteiger partial charge in [0, 0.05) is 12.1 Å². The first-order valence-electron chi connectivity index (χ1n) is 7.48. The molecule has 0 aromatic carbocycles. The van der Waals surface area contributed by atoms with Crippen LogP contribution >= 0.6 is 0 Å². The van der Waals surface area contributed by atoms with Crippen molar-refractivity contribution in [2.45, 2.75) is 64.5 Å². The minimum Gasteiger partial charge on any atom is -0.395 e. The second-order valence-corrected chi connectivity index (χ2v) is 7.25. The highest BCUT2D eigenvalue weighted by atomic mass is 16.3. The lowest BCUT2D eigenvalue weighted by molar-refractivity contribution is -0.0725. The summed E-state index contributed by atoms with van der Waals surface area (Å²) in [6.07, 6.45) is 8.90. The summed E-state index contributed by atoms with van der Waals surface area (Å²) in [6.45, 7) is 4.72. The van der Waals surface area contributed by atoms with Gasteiger partial charge in [-0.05, 0) is 75.5 Å². The van der Waals surface area contributed by atoms with Gasteiger partial charge in [0.1, 0.15) is 0 Å². The molecule has 0 aromatic heterocycles. The first-order valence-corrected chi connectivity index (χ1v) is 7.48. The minimum absolute atomic E-state index is 0.248. The zero-order chi connectivity index (χ0) is 12.0. The van der Waals surface area contributed by atoms with Gasteiger partial charge in [0.05, 0.1) is 6.61 Å². The first-order chi connectivity index (χ1) is 8.11. The van der Waals surface area contributed by atoms with E-state index in [2.05, 4.69) is 19.2 Å². The van der Waals surface area contributed by atoms with Crippen molar-refractivity contribution in [1.29, 1.82) is 0 Å². The van der Waals surface area contributed by atoms with Gasteiger partial charge < -0.3 is 10.4 Å². The summed E-state index contributed by atoms with van der Waals surface area (Å²) in [5, 5.41) is 12.8. The maximum Gasteiger partial charge on any atom is 0.0582 e. The van der Waals surface area contributed by atoms with Crippen LogP contribution in [0, 0.1) is 23.2 Å². The van der Waals surface area contributed by atoms with Gasteiger partial charge in [0.2, 0.25) is 0 Å². The fourth-order valence-electron chi connectivity index (χ4n) is 5.36. The molecule has 2 nitrogen and oxygen atoms in total. The fraction of sp³-hybridized carbons (Fsp3) is 1.00. The Hall–Kier alpha value is -0.0800. The maximum atomic E-state index is 9.20. The Morgan fingerprint density at radius 3 is 1.94 bits per heavy atom. The molecular formula is C15H27NO. The van der Waals surface area contributed by atoms with E-state index in [-0.39, 0.29) is 12.6 Å². The Kier molecular flexibility index (Phi) is 2.99. The van der Waals surface area contributed by atoms with Crippen LogP contribution in [0.3, 0.4) is 0 Å². The number of aliphatic hydroxyl groups is 1. The van der Waals surface area contributed by atoms with Crippen LogP contribution in [0.2, 0.25) is 0 Å². The summed E-state index contributed by atoms with van der Waals surface area (Å²) in [6, 6.07) is 0.830. The molecule has 0 spiro atoms. The average Bonchev–Trinajstić information content (AvgIpc) is 2.26. The topological polar surface area (TPSA) is 32.3 Å². The number of aliphatic hydroxyl groups excluding tert-OH is 1. The largest absolute Gasteiger partial charge is 0.395 e. The van der Waals surface area contributed by atoms with E-state index in [0.29, 0.717) is 11.5 Å². The second-order valence-electron chi connectivity index (χ2n) is 7.25. The predicted molar refractivity (Wildman–Crippen MR) is 69.8 cm³/mol. The molecule has 2 atom stereocenters. The van der Waals surface area contributed by atoms with Gasteiger partial charge in [-0.25, -0.2) is 0 Å². The number of hydrogen-bond donors (Lipinski definition) is 2. The molecule has 0 heterocycles. The van der Waals surface area contributed by atoms with E-state index in [1.165, 1.54) is 38.5 Å². The smallest absolute Gasteiger partial charge is 0.0582 e. The Labute approximate surface area is 105 Å². The second kappa shape index (κ2) is 4.24. The van der Waals surface area contributed by atoms with Gasteiger partial charge in [0.25, 0.3) is 0 Å². The van der Waals surface area contributed by atoms with Crippen LogP contribution in [-0.4, -0.2) is 23.8 Å². The lowest BCUT2D eigenvalue weighted by Gasteiger charge is -2.59. The molecule has 0 aromatic rings. The van der Waals surface area contributed by atoms with Gasteiger partial charge in [-0.2, -0.15) is 0 Å². The first kappa shape index (κ1) is 12.0. The molecule has 0 radical (unpaired) electrons. The molecule has 4 rings (SSSR count). The molecule has 2 unspecified atom stereocenters. The average molecular weight is 237 g/mol. The third-order valence-corrected chi connectivity index (χ3v) is 5.81. The van der Waals surface area contributed by atoms with Gasteiger partial charge in [-0.1, -0.05) is 0 Å². The Morgan fingerprint density at radius 1 is 1.06 bits per heavy atom. The van der Waals surface area contributed by atoms with E-state index in [9.17, 15) is 5.11 Å². The molecule has 2 heteroatoms. The van der Waals surface area contributed by atoms with Crippen molar-refractivity contribution in [2.24, 2.45) is 23.2 Å². The van der Waals surface area contributed by atoms with Crippen molar-refractivity contribution in [3.05, 3.63) is 0 Å². The highest BCUT2D eigenvalue weighted by Gasteiger charge is 2.53. The SMILES string of the molecule is CC(CO)NC(C)C12CC3CC(CC(C3)C1)C2. The van der Waals surface area contributed by atoms with E-state index in [1.807, 2.05) is 0 Å². The third-order valence-electron chi connectivity index (χ3n) is 5.81. The summed E-state index contributed by atoms with van der Waals surface area (Å²) in [7, 11) is 0. The summed E-state index contributed by atoms with van der Waals surface area (Å²) >= 11 is 0. The van der Waals surface area contributed by atoms with Crippen LogP contribution in [0.5, 0.6) is 0 Å². The molecular weight excluding hydrogens is 210 g/mol. The van der Waals surface area contributed by atoms with Crippen LogP contribution < -0.4 is 5.32 Å². The number of nitrogens with one attached hydrogen (secondary N) is 1. The Bertz CT molecular complexity index is 253. The van der Waals surface area contributed by atoms with Crippen LogP contribution in [0.25, 0.3) is 0 Å². The van der Waals surface area contributed by atoms with Crippen molar-refractivity contribution < 1.29 is 5.11 Å². The highest BCUT2D eigenvalue weighted by Crippen LogP contribution is 2.61. The summed E-state index contributed by atoms with van der Waals surface area (Å²) in [4.78, 5) is 0. The Morgan fingerprint density at radius 2 is 1.53 bits per heavy atom. The lowest BCUT2D eigenvalue weighted by Crippen LogP contribution is -2.56. The Balaban J connectivity index is 1.73. The highest BCUT2D eigenvalue weighted by molar-refractivity contribution is 5.05. The third kappa shape index (κ3) is 2.04. The fourth-order valence-corrected chi connectivity index (χ4v) is 5.36. The molecule has 0 aliphatic heterocycles. The number of rotatable bonds is 4. The van der Waals surface area contributed by atoms with Crippen molar-refractivity contribution in [2.75, 3.05) is 6.61 Å². The van der Waals surface area contributed by atoms with Crippen LogP contribution in [0.15, 0.2) is 0 Å². The van der Waals surface area contributed by atoms with Crippen LogP contribution in [-0.2, 0) is 0 Å². The molecule has 4 aliphatic carbocycles. The quantitative estimate of drug-likeness (QED) is 0.787. The van der Waals surface area contributed by atoms with Gasteiger partial charge in [-0.3, -0.25) is 0 Å². The molecule has 17 heavy (non-hydrogen) atoms. The maximum absolute atomic E-state index is 9.20. The van der Waals surface area contributed by atoms with E-state index in [0.717, 1.165) is 17.8 Å². The zero-order valence-electron chi connectivity index (χ0n) is 11.3. The van der Waals surface area contributed by atoms with Crippen molar-refractivity contribution >= 4 is 0 Å². The number of hydrogen-bond acceptors (Lipinski definition) is 2. The van der Waals surface area contributed by atoms with Crippen molar-refractivity contribution in [3.8, 4) is 0 Å². The van der Waals surface area contributed by atoms with E-state index >= 15 is 0 Å². The summed E-state index contributed by atoms with van der Waals surface area (Å²) in [5.41, 5.74) is 0.568. The monoisotopic (exact) mass is 237 g/mol. The lowest BCUT2D eigenvalue weighted by atomic mass is 9.48. The molecule has 98 valence electrons.